The highest BCUT2D eigenvalue weighted by molar-refractivity contribution is 5.76. The van der Waals surface area contributed by atoms with Gasteiger partial charge in [-0.1, -0.05) is 12.1 Å². The van der Waals surface area contributed by atoms with Crippen LogP contribution in [0.4, 0.5) is 0 Å². The minimum Gasteiger partial charge on any atom is -0.497 e. The van der Waals surface area contributed by atoms with E-state index in [9.17, 15) is 4.79 Å². The number of hydrogen-bond acceptors (Lipinski definition) is 4. The van der Waals surface area contributed by atoms with Crippen LogP contribution in [0.2, 0.25) is 0 Å². The molecule has 0 spiro atoms. The lowest BCUT2D eigenvalue weighted by Crippen LogP contribution is -2.39. The summed E-state index contributed by atoms with van der Waals surface area (Å²) in [5.41, 5.74) is 1.15. The van der Waals surface area contributed by atoms with E-state index in [0.717, 1.165) is 55.3 Å². The van der Waals surface area contributed by atoms with Crippen molar-refractivity contribution in [1.29, 1.82) is 0 Å². The van der Waals surface area contributed by atoms with Crippen molar-refractivity contribution in [2.24, 2.45) is 0 Å². The molecule has 3 rings (SSSR count). The first-order chi connectivity index (χ1) is 11.7. The largest absolute Gasteiger partial charge is 0.497 e. The fraction of sp³-hybridized carbons (Fsp3) is 0.500. The number of rotatable bonds is 5. The summed E-state index contributed by atoms with van der Waals surface area (Å²) in [6.45, 7) is 3.46. The van der Waals surface area contributed by atoms with Crippen LogP contribution in [0.15, 0.2) is 24.3 Å². The number of piperidine rings is 1. The fourth-order valence-electron chi connectivity index (χ4n) is 3.16. The third-order valence-electron chi connectivity index (χ3n) is 4.54. The summed E-state index contributed by atoms with van der Waals surface area (Å²) in [5.74, 6) is 2.95. The van der Waals surface area contributed by atoms with E-state index in [4.69, 9.17) is 4.74 Å². The molecule has 1 amide bonds. The number of carbonyl (C=O) groups is 1. The summed E-state index contributed by atoms with van der Waals surface area (Å²) in [4.78, 5) is 18.9. The third-order valence-corrected chi connectivity index (χ3v) is 4.54. The van der Waals surface area contributed by atoms with Crippen LogP contribution in [-0.4, -0.2) is 46.2 Å². The second-order valence-electron chi connectivity index (χ2n) is 6.31. The Balaban J connectivity index is 1.54. The van der Waals surface area contributed by atoms with Gasteiger partial charge in [0.15, 0.2) is 5.82 Å². The smallest absolute Gasteiger partial charge is 0.222 e. The predicted molar refractivity (Wildman–Crippen MR) is 91.0 cm³/mol. The van der Waals surface area contributed by atoms with E-state index >= 15 is 0 Å². The number of aromatic amines is 1. The highest BCUT2D eigenvalue weighted by atomic mass is 16.5. The molecule has 0 radical (unpaired) electrons. The van der Waals surface area contributed by atoms with Gasteiger partial charge in [-0.3, -0.25) is 9.89 Å². The van der Waals surface area contributed by atoms with Gasteiger partial charge in [-0.05, 0) is 43.9 Å². The molecule has 1 aliphatic heterocycles. The molecule has 1 N–H and O–H groups in total. The number of likely N-dealkylation sites (tertiary alicyclic amines) is 1. The van der Waals surface area contributed by atoms with Crippen LogP contribution < -0.4 is 4.74 Å². The molecule has 1 aromatic heterocycles. The van der Waals surface area contributed by atoms with Gasteiger partial charge in [0, 0.05) is 25.4 Å². The standard InChI is InChI=1S/C18H24N4O2/c1-13-19-18(21-20-13)15-4-3-11-22(12-15)17(23)10-7-14-5-8-16(24-2)9-6-14/h5-6,8-9,15H,3-4,7,10-12H2,1-2H3,(H,19,20,21). The van der Waals surface area contributed by atoms with Gasteiger partial charge in [-0.2, -0.15) is 5.10 Å². The molecular weight excluding hydrogens is 304 g/mol. The summed E-state index contributed by atoms with van der Waals surface area (Å²) in [6.07, 6.45) is 3.34. The molecule has 2 heterocycles. The molecule has 1 aromatic carbocycles. The van der Waals surface area contributed by atoms with E-state index in [1.807, 2.05) is 36.1 Å². The Hall–Kier alpha value is -2.37. The number of H-pyrrole nitrogens is 1. The number of ether oxygens (including phenoxy) is 1. The van der Waals surface area contributed by atoms with E-state index in [1.54, 1.807) is 7.11 Å². The monoisotopic (exact) mass is 328 g/mol. The predicted octanol–water partition coefficient (Wildman–Crippen LogP) is 2.46. The van der Waals surface area contributed by atoms with Crippen molar-refractivity contribution in [2.45, 2.75) is 38.5 Å². The van der Waals surface area contributed by atoms with Crippen LogP contribution in [0.5, 0.6) is 5.75 Å². The minimum absolute atomic E-state index is 0.211. The summed E-state index contributed by atoms with van der Waals surface area (Å²) in [7, 11) is 1.65. The Morgan fingerprint density at radius 3 is 2.83 bits per heavy atom. The first-order valence-corrected chi connectivity index (χ1v) is 8.45. The Bertz CT molecular complexity index is 681. The van der Waals surface area contributed by atoms with Crippen molar-refractivity contribution < 1.29 is 9.53 Å². The zero-order valence-electron chi connectivity index (χ0n) is 14.3. The molecule has 1 atom stereocenters. The molecule has 24 heavy (non-hydrogen) atoms. The minimum atomic E-state index is 0.211. The fourth-order valence-corrected chi connectivity index (χ4v) is 3.16. The maximum absolute atomic E-state index is 12.5. The molecule has 1 unspecified atom stereocenters. The quantitative estimate of drug-likeness (QED) is 0.915. The number of nitrogens with one attached hydrogen (secondary N) is 1. The van der Waals surface area contributed by atoms with Crippen LogP contribution in [0.25, 0.3) is 0 Å². The van der Waals surface area contributed by atoms with Gasteiger partial charge < -0.3 is 9.64 Å². The number of carbonyl (C=O) groups excluding carboxylic acids is 1. The lowest BCUT2D eigenvalue weighted by Gasteiger charge is -2.31. The number of nitrogens with zero attached hydrogens (tertiary/aromatic N) is 3. The van der Waals surface area contributed by atoms with Crippen LogP contribution in [-0.2, 0) is 11.2 Å². The Morgan fingerprint density at radius 1 is 1.38 bits per heavy atom. The van der Waals surface area contributed by atoms with E-state index in [-0.39, 0.29) is 11.8 Å². The average molecular weight is 328 g/mol. The molecule has 1 fully saturated rings. The second kappa shape index (κ2) is 7.47. The first-order valence-electron chi connectivity index (χ1n) is 8.45. The maximum Gasteiger partial charge on any atom is 0.222 e. The van der Waals surface area contributed by atoms with Crippen molar-refractivity contribution in [2.75, 3.05) is 20.2 Å². The average Bonchev–Trinajstić information content (AvgIpc) is 3.06. The molecule has 1 aliphatic rings. The number of benzene rings is 1. The normalized spacial score (nSPS) is 17.8. The Kier molecular flexibility index (Phi) is 5.13. The van der Waals surface area contributed by atoms with Crippen LogP contribution in [0.3, 0.4) is 0 Å². The first kappa shape index (κ1) is 16.5. The van der Waals surface area contributed by atoms with Gasteiger partial charge in [-0.15, -0.1) is 0 Å². The van der Waals surface area contributed by atoms with Crippen LogP contribution in [0.1, 0.15) is 42.4 Å². The SMILES string of the molecule is COc1ccc(CCC(=O)N2CCCC(c3n[nH]c(C)n3)C2)cc1. The van der Waals surface area contributed by atoms with Crippen LogP contribution in [0, 0.1) is 6.92 Å². The van der Waals surface area contributed by atoms with Crippen molar-refractivity contribution in [1.82, 2.24) is 20.1 Å². The molecule has 0 aliphatic carbocycles. The lowest BCUT2D eigenvalue weighted by molar-refractivity contribution is -0.132. The third kappa shape index (κ3) is 3.93. The van der Waals surface area contributed by atoms with Crippen molar-refractivity contribution in [3.63, 3.8) is 0 Å². The highest BCUT2D eigenvalue weighted by Crippen LogP contribution is 2.25. The highest BCUT2D eigenvalue weighted by Gasteiger charge is 2.26. The summed E-state index contributed by atoms with van der Waals surface area (Å²) >= 11 is 0. The van der Waals surface area contributed by atoms with Gasteiger partial charge in [0.25, 0.3) is 0 Å². The van der Waals surface area contributed by atoms with E-state index in [1.165, 1.54) is 0 Å². The Labute approximate surface area is 142 Å². The lowest BCUT2D eigenvalue weighted by atomic mass is 9.97. The Morgan fingerprint density at radius 2 is 2.17 bits per heavy atom. The zero-order chi connectivity index (χ0) is 16.9. The van der Waals surface area contributed by atoms with Gasteiger partial charge in [0.2, 0.25) is 5.91 Å². The molecular formula is C18H24N4O2. The topological polar surface area (TPSA) is 71.1 Å². The number of amides is 1. The number of hydrogen-bond donors (Lipinski definition) is 1. The number of aryl methyl sites for hydroxylation is 2. The van der Waals surface area contributed by atoms with E-state index < -0.39 is 0 Å². The summed E-state index contributed by atoms with van der Waals surface area (Å²) < 4.78 is 5.16. The number of aromatic nitrogens is 3. The molecule has 6 nitrogen and oxygen atoms in total. The van der Waals surface area contributed by atoms with Crippen molar-refractivity contribution in [3.8, 4) is 5.75 Å². The summed E-state index contributed by atoms with van der Waals surface area (Å²) in [5, 5.41) is 7.15. The molecule has 0 saturated carbocycles. The van der Waals surface area contributed by atoms with E-state index in [2.05, 4.69) is 15.2 Å². The van der Waals surface area contributed by atoms with Gasteiger partial charge >= 0.3 is 0 Å². The summed E-state index contributed by atoms with van der Waals surface area (Å²) in [6, 6.07) is 7.90. The molecule has 128 valence electrons. The van der Waals surface area contributed by atoms with Gasteiger partial charge in [0.1, 0.15) is 11.6 Å². The van der Waals surface area contributed by atoms with E-state index in [0.29, 0.717) is 6.42 Å². The molecule has 2 aromatic rings. The van der Waals surface area contributed by atoms with Crippen molar-refractivity contribution >= 4 is 5.91 Å². The van der Waals surface area contributed by atoms with Gasteiger partial charge in [0.05, 0.1) is 7.11 Å². The van der Waals surface area contributed by atoms with Crippen LogP contribution >= 0.6 is 0 Å². The maximum atomic E-state index is 12.5. The second-order valence-corrected chi connectivity index (χ2v) is 6.31. The molecule has 6 heteroatoms. The van der Waals surface area contributed by atoms with Crippen molar-refractivity contribution in [3.05, 3.63) is 41.5 Å². The van der Waals surface area contributed by atoms with Gasteiger partial charge in [-0.25, -0.2) is 4.98 Å². The molecule has 1 saturated heterocycles. The number of methoxy groups -OCH3 is 1. The molecule has 0 bridgehead atoms. The zero-order valence-corrected chi connectivity index (χ0v) is 14.3.